The monoisotopic (exact) mass is 344 g/mol. The van der Waals surface area contributed by atoms with Gasteiger partial charge in [0, 0.05) is 49.9 Å². The summed E-state index contributed by atoms with van der Waals surface area (Å²) in [5.74, 6) is 0.189. The molecule has 0 bridgehead atoms. The third-order valence-electron chi connectivity index (χ3n) is 3.76. The van der Waals surface area contributed by atoms with Crippen LogP contribution in [0.3, 0.4) is 0 Å². The molecule has 7 nitrogen and oxygen atoms in total. The third kappa shape index (κ3) is 4.23. The van der Waals surface area contributed by atoms with Gasteiger partial charge in [0.05, 0.1) is 0 Å². The van der Waals surface area contributed by atoms with Gasteiger partial charge in [-0.3, -0.25) is 10.1 Å². The Labute approximate surface area is 143 Å². The lowest BCUT2D eigenvalue weighted by atomic mass is 10.1. The maximum absolute atomic E-state index is 13.8. The number of anilines is 2. The summed E-state index contributed by atoms with van der Waals surface area (Å²) in [6, 6.07) is 6.81. The topological polar surface area (TPSA) is 97.6 Å². The number of benzene rings is 1. The molecule has 0 spiro atoms. The first kappa shape index (κ1) is 16.7. The lowest BCUT2D eigenvalue weighted by Crippen LogP contribution is -2.41. The number of nitrogens with zero attached hydrogens (tertiary/aromatic N) is 2. The number of nitrogen functional groups attached to an aromatic ring is 1. The van der Waals surface area contributed by atoms with Crippen LogP contribution in [0.5, 0.6) is 11.5 Å². The fourth-order valence-corrected chi connectivity index (χ4v) is 2.42. The van der Waals surface area contributed by atoms with E-state index in [1.54, 1.807) is 11.0 Å². The van der Waals surface area contributed by atoms with Crippen molar-refractivity contribution in [3.05, 3.63) is 42.3 Å². The van der Waals surface area contributed by atoms with Crippen molar-refractivity contribution < 1.29 is 18.7 Å². The van der Waals surface area contributed by atoms with E-state index in [0.717, 1.165) is 6.07 Å². The molecule has 2 amide bonds. The Balaban J connectivity index is 1.67. The van der Waals surface area contributed by atoms with Gasteiger partial charge in [-0.2, -0.15) is 0 Å². The number of ketones is 1. The summed E-state index contributed by atoms with van der Waals surface area (Å²) < 4.78 is 19.3. The molecule has 0 saturated carbocycles. The van der Waals surface area contributed by atoms with Gasteiger partial charge in [0.25, 0.3) is 0 Å². The van der Waals surface area contributed by atoms with E-state index in [0.29, 0.717) is 37.4 Å². The van der Waals surface area contributed by atoms with Gasteiger partial charge in [0.2, 0.25) is 0 Å². The van der Waals surface area contributed by atoms with Crippen LogP contribution in [0.4, 0.5) is 20.7 Å². The number of hydrogen-bond acceptors (Lipinski definition) is 5. The zero-order valence-corrected chi connectivity index (χ0v) is 13.4. The molecule has 2 aromatic rings. The van der Waals surface area contributed by atoms with Crippen LogP contribution in [0.1, 0.15) is 12.8 Å². The van der Waals surface area contributed by atoms with Crippen LogP contribution in [-0.2, 0) is 4.79 Å². The number of nitrogens with one attached hydrogen (secondary N) is 1. The smallest absolute Gasteiger partial charge is 0.323 e. The largest absolute Gasteiger partial charge is 0.454 e. The number of carbonyl (C=O) groups excluding carboxylic acids is 2. The highest BCUT2D eigenvalue weighted by Crippen LogP contribution is 2.26. The minimum Gasteiger partial charge on any atom is -0.454 e. The van der Waals surface area contributed by atoms with Crippen LogP contribution in [0.25, 0.3) is 0 Å². The number of Topliss-reactive ketones (excluding diaryl/α,β-unsaturated/α-hetero) is 1. The second kappa shape index (κ2) is 7.16. The average Bonchev–Trinajstić information content (AvgIpc) is 2.58. The molecular formula is C17H17FN4O3. The fraction of sp³-hybridized carbons (Fsp3) is 0.235. The normalized spacial score (nSPS) is 14.3. The molecule has 3 rings (SSSR count). The predicted molar refractivity (Wildman–Crippen MR) is 90.0 cm³/mol. The standard InChI is InChI=1S/C17H17FN4O3/c18-14-9-11(19)1-2-15(14)25-13-3-6-20-16(10-13)21-17(24)22-7-4-12(23)5-8-22/h1-3,6,9-10H,4-5,7-8,19H2,(H,20,21,24). The molecule has 1 fully saturated rings. The third-order valence-corrected chi connectivity index (χ3v) is 3.76. The number of nitrogens with two attached hydrogens (primary N) is 1. The van der Waals surface area contributed by atoms with E-state index in [1.807, 2.05) is 0 Å². The van der Waals surface area contributed by atoms with Gasteiger partial charge < -0.3 is 15.4 Å². The maximum Gasteiger partial charge on any atom is 0.323 e. The number of pyridine rings is 1. The zero-order valence-electron chi connectivity index (χ0n) is 13.4. The lowest BCUT2D eigenvalue weighted by Gasteiger charge is -2.25. The van der Waals surface area contributed by atoms with Crippen molar-refractivity contribution in [2.75, 3.05) is 24.1 Å². The van der Waals surface area contributed by atoms with E-state index < -0.39 is 5.82 Å². The van der Waals surface area contributed by atoms with E-state index in [2.05, 4.69) is 10.3 Å². The molecule has 1 aliphatic rings. The van der Waals surface area contributed by atoms with Crippen molar-refractivity contribution in [2.24, 2.45) is 0 Å². The number of piperidine rings is 1. The van der Waals surface area contributed by atoms with Gasteiger partial charge in [-0.05, 0) is 18.2 Å². The van der Waals surface area contributed by atoms with Crippen LogP contribution >= 0.6 is 0 Å². The number of ether oxygens (including phenoxy) is 1. The van der Waals surface area contributed by atoms with Crippen molar-refractivity contribution in [3.8, 4) is 11.5 Å². The Kier molecular flexibility index (Phi) is 4.78. The summed E-state index contributed by atoms with van der Waals surface area (Å²) >= 11 is 0. The molecule has 1 aliphatic heterocycles. The molecule has 0 atom stereocenters. The van der Waals surface area contributed by atoms with Gasteiger partial charge in [0.15, 0.2) is 11.6 Å². The van der Waals surface area contributed by atoms with E-state index in [1.165, 1.54) is 24.4 Å². The fourth-order valence-electron chi connectivity index (χ4n) is 2.42. The first-order valence-corrected chi connectivity index (χ1v) is 7.78. The average molecular weight is 344 g/mol. The Morgan fingerprint density at radius 1 is 1.24 bits per heavy atom. The number of hydrogen-bond donors (Lipinski definition) is 2. The van der Waals surface area contributed by atoms with Crippen LogP contribution in [0, 0.1) is 5.82 Å². The maximum atomic E-state index is 13.8. The number of carbonyl (C=O) groups is 2. The van der Waals surface area contributed by atoms with E-state index >= 15 is 0 Å². The molecule has 1 aromatic heterocycles. The number of likely N-dealkylation sites (tertiary alicyclic amines) is 1. The van der Waals surface area contributed by atoms with Gasteiger partial charge in [-0.15, -0.1) is 0 Å². The first-order valence-electron chi connectivity index (χ1n) is 7.78. The molecule has 1 saturated heterocycles. The number of amides is 2. The highest BCUT2D eigenvalue weighted by Gasteiger charge is 2.21. The molecule has 1 aromatic carbocycles. The van der Waals surface area contributed by atoms with Crippen molar-refractivity contribution in [1.29, 1.82) is 0 Å². The number of aromatic nitrogens is 1. The summed E-state index contributed by atoms with van der Waals surface area (Å²) in [7, 11) is 0. The number of rotatable bonds is 3. The Bertz CT molecular complexity index is 802. The van der Waals surface area contributed by atoms with Crippen LogP contribution in [0.15, 0.2) is 36.5 Å². The minimum atomic E-state index is -0.583. The summed E-state index contributed by atoms with van der Waals surface area (Å²) in [6.45, 7) is 0.773. The number of urea groups is 1. The summed E-state index contributed by atoms with van der Waals surface area (Å²) in [5.41, 5.74) is 5.80. The molecule has 0 radical (unpaired) electrons. The first-order chi connectivity index (χ1) is 12.0. The lowest BCUT2D eigenvalue weighted by molar-refractivity contribution is -0.120. The molecule has 130 valence electrons. The molecule has 0 unspecified atom stereocenters. The van der Waals surface area contributed by atoms with Crippen LogP contribution in [0.2, 0.25) is 0 Å². The van der Waals surface area contributed by atoms with Gasteiger partial charge in [-0.25, -0.2) is 14.2 Å². The van der Waals surface area contributed by atoms with E-state index in [4.69, 9.17) is 10.5 Å². The molecule has 8 heteroatoms. The second-order valence-electron chi connectivity index (χ2n) is 5.62. The molecule has 3 N–H and O–H groups in total. The minimum absolute atomic E-state index is 0.0206. The Hall–Kier alpha value is -3.16. The van der Waals surface area contributed by atoms with Crippen molar-refractivity contribution in [1.82, 2.24) is 9.88 Å². The zero-order chi connectivity index (χ0) is 17.8. The Morgan fingerprint density at radius 2 is 2.00 bits per heavy atom. The highest BCUT2D eigenvalue weighted by molar-refractivity contribution is 5.90. The summed E-state index contributed by atoms with van der Waals surface area (Å²) in [5, 5.41) is 2.65. The van der Waals surface area contributed by atoms with Gasteiger partial charge in [0.1, 0.15) is 17.4 Å². The van der Waals surface area contributed by atoms with Crippen molar-refractivity contribution >= 4 is 23.3 Å². The molecule has 2 heterocycles. The van der Waals surface area contributed by atoms with Crippen LogP contribution in [-0.4, -0.2) is 34.8 Å². The van der Waals surface area contributed by atoms with Gasteiger partial charge in [-0.1, -0.05) is 0 Å². The SMILES string of the molecule is Nc1ccc(Oc2ccnc(NC(=O)N3CCC(=O)CC3)c2)c(F)c1. The van der Waals surface area contributed by atoms with Crippen molar-refractivity contribution in [3.63, 3.8) is 0 Å². The predicted octanol–water partition coefficient (Wildman–Crippen LogP) is 2.79. The van der Waals surface area contributed by atoms with Gasteiger partial charge >= 0.3 is 6.03 Å². The van der Waals surface area contributed by atoms with Crippen molar-refractivity contribution in [2.45, 2.75) is 12.8 Å². The van der Waals surface area contributed by atoms with E-state index in [-0.39, 0.29) is 23.4 Å². The summed E-state index contributed by atoms with van der Waals surface area (Å²) in [6.07, 6.45) is 2.17. The highest BCUT2D eigenvalue weighted by atomic mass is 19.1. The quantitative estimate of drug-likeness (QED) is 0.835. The molecule has 25 heavy (non-hydrogen) atoms. The Morgan fingerprint density at radius 3 is 2.72 bits per heavy atom. The molecular weight excluding hydrogens is 327 g/mol. The van der Waals surface area contributed by atoms with E-state index in [9.17, 15) is 14.0 Å². The summed E-state index contributed by atoms with van der Waals surface area (Å²) in [4.78, 5) is 29.0. The van der Waals surface area contributed by atoms with Crippen LogP contribution < -0.4 is 15.8 Å². The molecule has 0 aliphatic carbocycles. The second-order valence-corrected chi connectivity index (χ2v) is 5.62. The number of halogens is 1.